The zero-order valence-electron chi connectivity index (χ0n) is 18.2. The lowest BCUT2D eigenvalue weighted by molar-refractivity contribution is -0.175. The van der Waals surface area contributed by atoms with Crippen LogP contribution in [0.2, 0.25) is 0 Å². The summed E-state index contributed by atoms with van der Waals surface area (Å²) in [5.41, 5.74) is 0.596. The summed E-state index contributed by atoms with van der Waals surface area (Å²) in [5, 5.41) is 13.8. The first-order chi connectivity index (χ1) is 14.6. The van der Waals surface area contributed by atoms with Crippen LogP contribution in [0.5, 0.6) is 5.75 Å². The number of aryl methyl sites for hydroxylation is 1. The second-order valence-electron chi connectivity index (χ2n) is 8.62. The quantitative estimate of drug-likeness (QED) is 0.667. The smallest absolute Gasteiger partial charge is 0.351 e. The number of benzene rings is 2. The van der Waals surface area contributed by atoms with Crippen molar-refractivity contribution in [3.8, 4) is 5.75 Å². The predicted octanol–water partition coefficient (Wildman–Crippen LogP) is 4.25. The summed E-state index contributed by atoms with van der Waals surface area (Å²) in [7, 11) is 0. The predicted molar refractivity (Wildman–Crippen MR) is 115 cm³/mol. The molecule has 0 saturated carbocycles. The van der Waals surface area contributed by atoms with Gasteiger partial charge in [-0.25, -0.2) is 4.79 Å². The molecule has 164 valence electrons. The van der Waals surface area contributed by atoms with E-state index in [1.54, 1.807) is 20.8 Å². The van der Waals surface area contributed by atoms with Crippen molar-refractivity contribution in [1.29, 1.82) is 0 Å². The van der Waals surface area contributed by atoms with E-state index < -0.39 is 29.6 Å². The monoisotopic (exact) mass is 425 g/mol. The summed E-state index contributed by atoms with van der Waals surface area (Å²) >= 11 is 0. The Hall–Kier alpha value is -3.35. The van der Waals surface area contributed by atoms with Crippen molar-refractivity contribution in [2.75, 3.05) is 0 Å². The van der Waals surface area contributed by atoms with Crippen LogP contribution >= 0.6 is 0 Å². The fourth-order valence-electron chi connectivity index (χ4n) is 3.26. The maximum absolute atomic E-state index is 12.3. The molecule has 2 aromatic rings. The molecular formula is C24H27NO6. The van der Waals surface area contributed by atoms with Gasteiger partial charge in [-0.05, 0) is 51.0 Å². The van der Waals surface area contributed by atoms with E-state index in [1.807, 2.05) is 55.5 Å². The minimum atomic E-state index is -1.79. The molecular weight excluding hydrogens is 398 g/mol. The molecule has 1 aliphatic rings. The molecule has 0 saturated heterocycles. The highest BCUT2D eigenvalue weighted by molar-refractivity contribution is 6.06. The van der Waals surface area contributed by atoms with Gasteiger partial charge in [-0.15, -0.1) is 0 Å². The van der Waals surface area contributed by atoms with Crippen molar-refractivity contribution in [1.82, 2.24) is 0 Å². The number of hydrogen-bond donors (Lipinski definition) is 1. The number of aliphatic carboxylic acids is 1. The van der Waals surface area contributed by atoms with E-state index in [4.69, 9.17) is 14.3 Å². The van der Waals surface area contributed by atoms with Crippen molar-refractivity contribution in [3.63, 3.8) is 0 Å². The molecule has 0 amide bonds. The number of carboxylic acids is 1. The van der Waals surface area contributed by atoms with Gasteiger partial charge < -0.3 is 19.4 Å². The largest absolute Gasteiger partial charge is 0.489 e. The van der Waals surface area contributed by atoms with E-state index in [1.165, 1.54) is 0 Å². The Kier molecular flexibility index (Phi) is 6.34. The van der Waals surface area contributed by atoms with Crippen LogP contribution in [0, 0.1) is 6.92 Å². The zero-order valence-corrected chi connectivity index (χ0v) is 18.2. The first kappa shape index (κ1) is 22.3. The van der Waals surface area contributed by atoms with Crippen molar-refractivity contribution in [2.24, 2.45) is 5.16 Å². The summed E-state index contributed by atoms with van der Waals surface area (Å²) in [5.74, 6) is -1.28. The maximum atomic E-state index is 12.3. The van der Waals surface area contributed by atoms with Gasteiger partial charge in [0.1, 0.15) is 18.0 Å². The van der Waals surface area contributed by atoms with E-state index >= 15 is 0 Å². The second kappa shape index (κ2) is 8.79. The topological polar surface area (TPSA) is 94.4 Å². The third kappa shape index (κ3) is 5.63. The van der Waals surface area contributed by atoms with E-state index in [2.05, 4.69) is 5.16 Å². The molecule has 0 fully saturated rings. The number of nitrogens with zero attached hydrogens (tertiary/aromatic N) is 1. The number of esters is 1. The molecule has 31 heavy (non-hydrogen) atoms. The highest BCUT2D eigenvalue weighted by atomic mass is 16.7. The molecule has 7 nitrogen and oxygen atoms in total. The molecule has 1 atom stereocenters. The Morgan fingerprint density at radius 3 is 2.52 bits per heavy atom. The van der Waals surface area contributed by atoms with Gasteiger partial charge in [0.15, 0.2) is 0 Å². The molecule has 7 heteroatoms. The van der Waals surface area contributed by atoms with Crippen LogP contribution in [-0.2, 0) is 25.8 Å². The van der Waals surface area contributed by atoms with Gasteiger partial charge in [-0.3, -0.25) is 4.79 Å². The normalized spacial score (nSPS) is 18.1. The van der Waals surface area contributed by atoms with Gasteiger partial charge in [0, 0.05) is 12.0 Å². The Morgan fingerprint density at radius 2 is 1.87 bits per heavy atom. The van der Waals surface area contributed by atoms with E-state index in [0.717, 1.165) is 16.7 Å². The molecule has 0 aliphatic carbocycles. The van der Waals surface area contributed by atoms with Gasteiger partial charge in [-0.1, -0.05) is 41.6 Å². The lowest BCUT2D eigenvalue weighted by Gasteiger charge is -2.24. The minimum absolute atomic E-state index is 0.0510. The Morgan fingerprint density at radius 1 is 1.16 bits per heavy atom. The molecule has 1 unspecified atom stereocenters. The maximum Gasteiger partial charge on any atom is 0.351 e. The van der Waals surface area contributed by atoms with Gasteiger partial charge in [-0.2, -0.15) is 0 Å². The average molecular weight is 425 g/mol. The Labute approximate surface area is 181 Å². The molecule has 1 heterocycles. The van der Waals surface area contributed by atoms with Gasteiger partial charge in [0.05, 0.1) is 12.1 Å². The standard InChI is InChI=1S/C24H27NO6/c1-16-10-11-18(29-15-17-8-6-5-7-9-17)12-19(16)20-13-24(22(27)28,31-25-20)14-21(26)30-23(2,3)4/h5-12H,13-15H2,1-4H3,(H,27,28). The number of rotatable bonds is 7. The zero-order chi connectivity index (χ0) is 22.6. The van der Waals surface area contributed by atoms with E-state index in [-0.39, 0.29) is 6.42 Å². The number of oxime groups is 1. The van der Waals surface area contributed by atoms with Crippen molar-refractivity contribution in [3.05, 3.63) is 65.2 Å². The lowest BCUT2D eigenvalue weighted by atomic mass is 9.89. The third-order valence-electron chi connectivity index (χ3n) is 4.79. The van der Waals surface area contributed by atoms with Gasteiger partial charge >= 0.3 is 11.9 Å². The lowest BCUT2D eigenvalue weighted by Crippen LogP contribution is -2.42. The Bertz CT molecular complexity index is 993. The van der Waals surface area contributed by atoms with E-state index in [9.17, 15) is 14.7 Å². The summed E-state index contributed by atoms with van der Waals surface area (Å²) in [4.78, 5) is 29.6. The molecule has 2 aromatic carbocycles. The highest BCUT2D eigenvalue weighted by Gasteiger charge is 2.50. The summed E-state index contributed by atoms with van der Waals surface area (Å²) in [6, 6.07) is 15.3. The van der Waals surface area contributed by atoms with Crippen molar-refractivity contribution < 1.29 is 29.0 Å². The van der Waals surface area contributed by atoms with Crippen LogP contribution in [-0.4, -0.2) is 34.0 Å². The third-order valence-corrected chi connectivity index (χ3v) is 4.79. The van der Waals surface area contributed by atoms with E-state index in [0.29, 0.717) is 18.1 Å². The van der Waals surface area contributed by atoms with Gasteiger partial charge in [0.2, 0.25) is 5.60 Å². The molecule has 0 bridgehead atoms. The first-order valence-electron chi connectivity index (χ1n) is 10.1. The molecule has 1 N–H and O–H groups in total. The Balaban J connectivity index is 1.75. The molecule has 3 rings (SSSR count). The average Bonchev–Trinajstić information content (AvgIpc) is 3.11. The summed E-state index contributed by atoms with van der Waals surface area (Å²) in [6.45, 7) is 7.47. The van der Waals surface area contributed by atoms with Crippen molar-refractivity contribution in [2.45, 2.75) is 58.3 Å². The SMILES string of the molecule is Cc1ccc(OCc2ccccc2)cc1C1=NOC(CC(=O)OC(C)(C)C)(C(=O)O)C1. The summed E-state index contributed by atoms with van der Waals surface area (Å²) < 4.78 is 11.2. The van der Waals surface area contributed by atoms with Crippen LogP contribution in [0.4, 0.5) is 0 Å². The fraction of sp³-hybridized carbons (Fsp3) is 0.375. The summed E-state index contributed by atoms with van der Waals surface area (Å²) in [6.07, 6.45) is -0.486. The van der Waals surface area contributed by atoms with Crippen LogP contribution in [0.25, 0.3) is 0 Å². The number of ether oxygens (including phenoxy) is 2. The number of hydrogen-bond acceptors (Lipinski definition) is 6. The number of carboxylic acid groups (broad SMARTS) is 1. The van der Waals surface area contributed by atoms with Gasteiger partial charge in [0.25, 0.3) is 0 Å². The number of carbonyl (C=O) groups excluding carboxylic acids is 1. The highest BCUT2D eigenvalue weighted by Crippen LogP contribution is 2.33. The van der Waals surface area contributed by atoms with Crippen LogP contribution in [0.15, 0.2) is 53.7 Å². The van der Waals surface area contributed by atoms with Crippen molar-refractivity contribution >= 4 is 17.7 Å². The first-order valence-corrected chi connectivity index (χ1v) is 10.1. The second-order valence-corrected chi connectivity index (χ2v) is 8.62. The minimum Gasteiger partial charge on any atom is -0.489 e. The molecule has 0 radical (unpaired) electrons. The number of carbonyl (C=O) groups is 2. The molecule has 0 spiro atoms. The van der Waals surface area contributed by atoms with Crippen LogP contribution < -0.4 is 4.74 Å². The van der Waals surface area contributed by atoms with Crippen LogP contribution in [0.3, 0.4) is 0 Å². The van der Waals surface area contributed by atoms with Crippen LogP contribution in [0.1, 0.15) is 50.3 Å². The molecule has 0 aromatic heterocycles. The fourth-order valence-corrected chi connectivity index (χ4v) is 3.26. The molecule has 1 aliphatic heterocycles.